The van der Waals surface area contributed by atoms with E-state index in [0.717, 1.165) is 22.0 Å². The van der Waals surface area contributed by atoms with Crippen LogP contribution in [0.3, 0.4) is 0 Å². The first-order chi connectivity index (χ1) is 8.85. The van der Waals surface area contributed by atoms with Crippen molar-refractivity contribution in [3.63, 3.8) is 0 Å². The molecule has 0 fully saturated rings. The van der Waals surface area contributed by atoms with Crippen molar-refractivity contribution in [1.82, 2.24) is 19.7 Å². The largest absolute Gasteiger partial charge is 0.220 e. The summed E-state index contributed by atoms with van der Waals surface area (Å²) in [5.41, 5.74) is 2.52. The fourth-order valence-corrected chi connectivity index (χ4v) is 2.14. The number of benzene rings is 1. The highest BCUT2D eigenvalue weighted by Crippen LogP contribution is 2.19. The Hall–Kier alpha value is -1.25. The van der Waals surface area contributed by atoms with Gasteiger partial charge in [0.25, 0.3) is 0 Å². The van der Waals surface area contributed by atoms with Crippen LogP contribution in [0.5, 0.6) is 0 Å². The monoisotopic (exact) mass is 344 g/mol. The summed E-state index contributed by atoms with van der Waals surface area (Å²) >= 11 is 3.43. The third kappa shape index (κ3) is 3.85. The molecule has 2 aromatic rings. The predicted octanol–water partition coefficient (Wildman–Crippen LogP) is 1.39. The van der Waals surface area contributed by atoms with Gasteiger partial charge in [-0.3, -0.25) is 0 Å². The van der Waals surface area contributed by atoms with E-state index in [1.807, 2.05) is 25.1 Å². The van der Waals surface area contributed by atoms with Gasteiger partial charge in [0.15, 0.2) is 0 Å². The molecule has 0 aliphatic carbocycles. The maximum atomic E-state index is 11.0. The van der Waals surface area contributed by atoms with E-state index in [1.165, 1.54) is 0 Å². The Morgan fingerprint density at radius 3 is 2.79 bits per heavy atom. The Balaban J connectivity index is 2.18. The van der Waals surface area contributed by atoms with Crippen LogP contribution in [0.4, 0.5) is 0 Å². The SMILES string of the molecule is Cc1cc(-n2cc(CNS(C)(=O)=O)nn2)ccc1Br. The third-order valence-corrected chi connectivity index (χ3v) is 4.02. The van der Waals surface area contributed by atoms with Gasteiger partial charge in [0.1, 0.15) is 0 Å². The second-order valence-corrected chi connectivity index (χ2v) is 6.87. The number of nitrogens with one attached hydrogen (secondary N) is 1. The molecule has 6 nitrogen and oxygen atoms in total. The van der Waals surface area contributed by atoms with Crippen LogP contribution in [0.1, 0.15) is 11.3 Å². The molecule has 2 rings (SSSR count). The highest BCUT2D eigenvalue weighted by atomic mass is 79.9. The van der Waals surface area contributed by atoms with Crippen molar-refractivity contribution in [2.75, 3.05) is 6.26 Å². The summed E-state index contributed by atoms with van der Waals surface area (Å²) in [6, 6.07) is 5.80. The number of aryl methyl sites for hydroxylation is 1. The highest BCUT2D eigenvalue weighted by molar-refractivity contribution is 9.10. The molecule has 0 bridgehead atoms. The van der Waals surface area contributed by atoms with Crippen molar-refractivity contribution >= 4 is 26.0 Å². The first kappa shape index (κ1) is 14.2. The number of sulfonamides is 1. The number of halogens is 1. The van der Waals surface area contributed by atoms with Crippen molar-refractivity contribution in [3.8, 4) is 5.69 Å². The minimum atomic E-state index is -3.22. The maximum Gasteiger partial charge on any atom is 0.209 e. The van der Waals surface area contributed by atoms with Crippen LogP contribution < -0.4 is 4.72 Å². The van der Waals surface area contributed by atoms with E-state index in [9.17, 15) is 8.42 Å². The summed E-state index contributed by atoms with van der Waals surface area (Å²) in [6.45, 7) is 2.12. The molecule has 19 heavy (non-hydrogen) atoms. The molecule has 0 aliphatic rings. The molecule has 0 radical (unpaired) electrons. The van der Waals surface area contributed by atoms with E-state index in [4.69, 9.17) is 0 Å². The van der Waals surface area contributed by atoms with Crippen LogP contribution in [-0.4, -0.2) is 29.7 Å². The van der Waals surface area contributed by atoms with Crippen molar-refractivity contribution in [2.24, 2.45) is 0 Å². The van der Waals surface area contributed by atoms with Crippen LogP contribution in [0, 0.1) is 6.92 Å². The minimum absolute atomic E-state index is 0.133. The lowest BCUT2D eigenvalue weighted by Gasteiger charge is -2.03. The van der Waals surface area contributed by atoms with E-state index in [-0.39, 0.29) is 6.54 Å². The average molecular weight is 345 g/mol. The third-order valence-electron chi connectivity index (χ3n) is 2.46. The number of hydrogen-bond acceptors (Lipinski definition) is 4. The first-order valence-electron chi connectivity index (χ1n) is 5.47. The lowest BCUT2D eigenvalue weighted by atomic mass is 10.2. The van der Waals surface area contributed by atoms with Crippen molar-refractivity contribution in [1.29, 1.82) is 0 Å². The summed E-state index contributed by atoms with van der Waals surface area (Å²) < 4.78 is 27.0. The number of aromatic nitrogens is 3. The van der Waals surface area contributed by atoms with Gasteiger partial charge < -0.3 is 0 Å². The standard InChI is InChI=1S/C11H13BrN4O2S/c1-8-5-10(3-4-11(8)12)16-7-9(14-15-16)6-13-19(2,17)18/h3-5,7,13H,6H2,1-2H3. The van der Waals surface area contributed by atoms with E-state index in [2.05, 4.69) is 31.0 Å². The molecule has 102 valence electrons. The molecule has 0 saturated carbocycles. The van der Waals surface area contributed by atoms with E-state index >= 15 is 0 Å². The second-order valence-electron chi connectivity index (χ2n) is 4.18. The molecule has 1 N–H and O–H groups in total. The van der Waals surface area contributed by atoms with E-state index in [0.29, 0.717) is 5.69 Å². The average Bonchev–Trinajstić information content (AvgIpc) is 2.78. The Morgan fingerprint density at radius 2 is 2.16 bits per heavy atom. The predicted molar refractivity (Wildman–Crippen MR) is 75.5 cm³/mol. The van der Waals surface area contributed by atoms with Gasteiger partial charge in [-0.15, -0.1) is 5.10 Å². The Morgan fingerprint density at radius 1 is 1.42 bits per heavy atom. The molecule has 0 spiro atoms. The molecule has 1 aromatic carbocycles. The zero-order valence-electron chi connectivity index (χ0n) is 10.5. The number of rotatable bonds is 4. The van der Waals surface area contributed by atoms with Gasteiger partial charge in [-0.1, -0.05) is 21.1 Å². The van der Waals surface area contributed by atoms with E-state index in [1.54, 1.807) is 10.9 Å². The molecular formula is C11H13BrN4O2S. The fourth-order valence-electron chi connectivity index (χ4n) is 1.48. The van der Waals surface area contributed by atoms with Gasteiger partial charge in [-0.2, -0.15) is 0 Å². The Labute approximate surface area is 120 Å². The number of nitrogens with zero attached hydrogens (tertiary/aromatic N) is 3. The van der Waals surface area contributed by atoms with Crippen LogP contribution in [0.2, 0.25) is 0 Å². The molecule has 0 amide bonds. The van der Waals surface area contributed by atoms with Crippen LogP contribution in [0.15, 0.2) is 28.9 Å². The molecule has 0 atom stereocenters. The second kappa shape index (κ2) is 5.40. The lowest BCUT2D eigenvalue weighted by Crippen LogP contribution is -2.21. The molecule has 1 aromatic heterocycles. The summed E-state index contributed by atoms with van der Waals surface area (Å²) in [4.78, 5) is 0. The minimum Gasteiger partial charge on any atom is -0.220 e. The van der Waals surface area contributed by atoms with Crippen LogP contribution in [0.25, 0.3) is 5.69 Å². The fraction of sp³-hybridized carbons (Fsp3) is 0.273. The van der Waals surface area contributed by atoms with E-state index < -0.39 is 10.0 Å². The van der Waals surface area contributed by atoms with Crippen molar-refractivity contribution in [2.45, 2.75) is 13.5 Å². The molecular weight excluding hydrogens is 332 g/mol. The topological polar surface area (TPSA) is 76.9 Å². The summed E-state index contributed by atoms with van der Waals surface area (Å²) in [5.74, 6) is 0. The molecule has 0 aliphatic heterocycles. The normalized spacial score (nSPS) is 11.7. The van der Waals surface area contributed by atoms with Gasteiger partial charge >= 0.3 is 0 Å². The molecule has 1 heterocycles. The first-order valence-corrected chi connectivity index (χ1v) is 8.16. The molecule has 8 heteroatoms. The maximum absolute atomic E-state index is 11.0. The number of hydrogen-bond donors (Lipinski definition) is 1. The quantitative estimate of drug-likeness (QED) is 0.909. The molecule has 0 saturated heterocycles. The van der Waals surface area contributed by atoms with Crippen LogP contribution >= 0.6 is 15.9 Å². The Bertz CT molecular complexity index is 696. The van der Waals surface area contributed by atoms with Gasteiger partial charge in [-0.25, -0.2) is 17.8 Å². The van der Waals surface area contributed by atoms with Gasteiger partial charge in [0, 0.05) is 4.47 Å². The summed E-state index contributed by atoms with van der Waals surface area (Å²) in [7, 11) is -3.22. The smallest absolute Gasteiger partial charge is 0.209 e. The van der Waals surface area contributed by atoms with Gasteiger partial charge in [-0.05, 0) is 30.7 Å². The zero-order valence-corrected chi connectivity index (χ0v) is 12.9. The van der Waals surface area contributed by atoms with Gasteiger partial charge in [0.05, 0.1) is 30.4 Å². The van der Waals surface area contributed by atoms with Crippen molar-refractivity contribution in [3.05, 3.63) is 40.1 Å². The highest BCUT2D eigenvalue weighted by Gasteiger charge is 2.06. The van der Waals surface area contributed by atoms with Gasteiger partial charge in [0.2, 0.25) is 10.0 Å². The lowest BCUT2D eigenvalue weighted by molar-refractivity contribution is 0.586. The summed E-state index contributed by atoms with van der Waals surface area (Å²) in [5, 5.41) is 7.90. The summed E-state index contributed by atoms with van der Waals surface area (Å²) in [6.07, 6.45) is 2.80. The Kier molecular flexibility index (Phi) is 4.02. The molecule has 0 unspecified atom stereocenters. The van der Waals surface area contributed by atoms with Crippen LogP contribution in [-0.2, 0) is 16.6 Å². The van der Waals surface area contributed by atoms with Crippen molar-refractivity contribution < 1.29 is 8.42 Å². The zero-order chi connectivity index (χ0) is 14.0.